The second kappa shape index (κ2) is 4.98. The van der Waals surface area contributed by atoms with E-state index < -0.39 is 17.4 Å². The molecule has 1 aromatic rings. The number of fused-ring (bicyclic) bond motifs is 1. The Morgan fingerprint density at radius 2 is 2.00 bits per heavy atom. The molecule has 110 valence electrons. The molecule has 5 heteroatoms. The SMILES string of the molecule is CC1(C(=O)NC2CC(=O)NC2=O)CCc2ccccc2C1. The number of rotatable bonds is 2. The average molecular weight is 286 g/mol. The van der Waals surface area contributed by atoms with Crippen molar-refractivity contribution in [3.63, 3.8) is 0 Å². The summed E-state index contributed by atoms with van der Waals surface area (Å²) in [5.41, 5.74) is 1.95. The maximum absolute atomic E-state index is 12.5. The minimum Gasteiger partial charge on any atom is -0.343 e. The smallest absolute Gasteiger partial charge is 0.249 e. The Kier molecular flexibility index (Phi) is 3.27. The predicted molar refractivity (Wildman–Crippen MR) is 76.3 cm³/mol. The first-order chi connectivity index (χ1) is 9.98. The number of carbonyl (C=O) groups excluding carboxylic acids is 3. The molecule has 0 saturated carbocycles. The van der Waals surface area contributed by atoms with Crippen LogP contribution in [0.3, 0.4) is 0 Å². The maximum Gasteiger partial charge on any atom is 0.249 e. The molecule has 3 amide bonds. The molecule has 3 rings (SSSR count). The van der Waals surface area contributed by atoms with Crippen LogP contribution < -0.4 is 10.6 Å². The zero-order valence-electron chi connectivity index (χ0n) is 11.9. The van der Waals surface area contributed by atoms with Gasteiger partial charge >= 0.3 is 0 Å². The number of aryl methyl sites for hydroxylation is 1. The van der Waals surface area contributed by atoms with Crippen molar-refractivity contribution in [2.24, 2.45) is 5.41 Å². The fourth-order valence-corrected chi connectivity index (χ4v) is 3.09. The third-order valence-electron chi connectivity index (χ3n) is 4.47. The van der Waals surface area contributed by atoms with Crippen LogP contribution >= 0.6 is 0 Å². The van der Waals surface area contributed by atoms with E-state index in [9.17, 15) is 14.4 Å². The van der Waals surface area contributed by atoms with Crippen LogP contribution in [-0.4, -0.2) is 23.8 Å². The van der Waals surface area contributed by atoms with Gasteiger partial charge in [0, 0.05) is 0 Å². The first-order valence-electron chi connectivity index (χ1n) is 7.19. The Labute approximate surface area is 123 Å². The Balaban J connectivity index is 1.73. The molecule has 2 atom stereocenters. The number of imide groups is 1. The van der Waals surface area contributed by atoms with Gasteiger partial charge in [-0.2, -0.15) is 0 Å². The first-order valence-corrected chi connectivity index (χ1v) is 7.19. The summed E-state index contributed by atoms with van der Waals surface area (Å²) >= 11 is 0. The van der Waals surface area contributed by atoms with Crippen molar-refractivity contribution >= 4 is 17.7 Å². The standard InChI is InChI=1S/C16H18N2O3/c1-16(7-6-10-4-2-3-5-11(10)9-16)15(21)17-12-8-13(19)18-14(12)20/h2-5,12H,6-9H2,1H3,(H,17,21)(H,18,19,20). The largest absolute Gasteiger partial charge is 0.343 e. The predicted octanol–water partition coefficient (Wildman–Crippen LogP) is 0.713. The van der Waals surface area contributed by atoms with Gasteiger partial charge in [0.2, 0.25) is 17.7 Å². The summed E-state index contributed by atoms with van der Waals surface area (Å²) in [4.78, 5) is 35.3. The van der Waals surface area contributed by atoms with Gasteiger partial charge in [-0.25, -0.2) is 0 Å². The highest BCUT2D eigenvalue weighted by atomic mass is 16.2. The molecule has 2 aliphatic rings. The second-order valence-electron chi connectivity index (χ2n) is 6.15. The topological polar surface area (TPSA) is 75.3 Å². The van der Waals surface area contributed by atoms with Crippen molar-refractivity contribution in [3.05, 3.63) is 35.4 Å². The highest BCUT2D eigenvalue weighted by Crippen LogP contribution is 2.35. The van der Waals surface area contributed by atoms with Crippen molar-refractivity contribution in [2.75, 3.05) is 0 Å². The van der Waals surface area contributed by atoms with Crippen molar-refractivity contribution in [1.82, 2.24) is 10.6 Å². The van der Waals surface area contributed by atoms with Crippen molar-refractivity contribution < 1.29 is 14.4 Å². The normalized spacial score (nSPS) is 28.0. The minimum absolute atomic E-state index is 0.0389. The van der Waals surface area contributed by atoms with Crippen molar-refractivity contribution in [1.29, 1.82) is 0 Å². The van der Waals surface area contributed by atoms with Gasteiger partial charge in [-0.1, -0.05) is 31.2 Å². The Morgan fingerprint density at radius 1 is 1.29 bits per heavy atom. The van der Waals surface area contributed by atoms with Crippen molar-refractivity contribution in [2.45, 2.75) is 38.6 Å². The lowest BCUT2D eigenvalue weighted by atomic mass is 9.72. The molecule has 1 saturated heterocycles. The van der Waals surface area contributed by atoms with Gasteiger partial charge in [0.1, 0.15) is 6.04 Å². The van der Waals surface area contributed by atoms with Crippen LogP contribution in [0.15, 0.2) is 24.3 Å². The first kappa shape index (κ1) is 13.8. The summed E-state index contributed by atoms with van der Waals surface area (Å²) in [6.45, 7) is 1.92. The second-order valence-corrected chi connectivity index (χ2v) is 6.15. The van der Waals surface area contributed by atoms with E-state index in [1.54, 1.807) is 0 Å². The number of nitrogens with one attached hydrogen (secondary N) is 2. The summed E-state index contributed by atoms with van der Waals surface area (Å²) < 4.78 is 0. The number of benzene rings is 1. The summed E-state index contributed by atoms with van der Waals surface area (Å²) in [6.07, 6.45) is 2.31. The molecular weight excluding hydrogens is 268 g/mol. The molecule has 2 N–H and O–H groups in total. The van der Waals surface area contributed by atoms with Gasteiger partial charge in [-0.3, -0.25) is 19.7 Å². The molecule has 1 aliphatic heterocycles. The number of amides is 3. The fraction of sp³-hybridized carbons (Fsp3) is 0.438. The van der Waals surface area contributed by atoms with Gasteiger partial charge in [-0.15, -0.1) is 0 Å². The molecule has 1 fully saturated rings. The van der Waals surface area contributed by atoms with E-state index in [-0.39, 0.29) is 18.2 Å². The van der Waals surface area contributed by atoms with E-state index in [0.29, 0.717) is 6.42 Å². The van der Waals surface area contributed by atoms with Gasteiger partial charge in [0.25, 0.3) is 0 Å². The third kappa shape index (κ3) is 2.55. The Bertz CT molecular complexity index is 626. The zero-order valence-corrected chi connectivity index (χ0v) is 11.9. The molecule has 5 nitrogen and oxygen atoms in total. The minimum atomic E-state index is -0.723. The van der Waals surface area contributed by atoms with Crippen LogP contribution in [-0.2, 0) is 27.2 Å². The van der Waals surface area contributed by atoms with Crippen molar-refractivity contribution in [3.8, 4) is 0 Å². The third-order valence-corrected chi connectivity index (χ3v) is 4.47. The summed E-state index contributed by atoms with van der Waals surface area (Å²) in [6, 6.07) is 7.41. The lowest BCUT2D eigenvalue weighted by molar-refractivity contribution is -0.134. The van der Waals surface area contributed by atoms with E-state index >= 15 is 0 Å². The molecular formula is C16H18N2O3. The molecule has 0 bridgehead atoms. The summed E-state index contributed by atoms with van der Waals surface area (Å²) in [7, 11) is 0. The Hall–Kier alpha value is -2.17. The van der Waals surface area contributed by atoms with Gasteiger partial charge in [0.15, 0.2) is 0 Å². The van der Waals surface area contributed by atoms with Crippen LogP contribution in [0.25, 0.3) is 0 Å². The van der Waals surface area contributed by atoms with Crippen LogP contribution in [0.2, 0.25) is 0 Å². The molecule has 1 heterocycles. The van der Waals surface area contributed by atoms with Crippen LogP contribution in [0.5, 0.6) is 0 Å². The van der Waals surface area contributed by atoms with E-state index in [1.807, 2.05) is 25.1 Å². The molecule has 0 radical (unpaired) electrons. The highest BCUT2D eigenvalue weighted by molar-refractivity contribution is 6.07. The maximum atomic E-state index is 12.5. The average Bonchev–Trinajstić information content (AvgIpc) is 2.76. The quantitative estimate of drug-likeness (QED) is 0.786. The zero-order chi connectivity index (χ0) is 15.0. The van der Waals surface area contributed by atoms with E-state index in [2.05, 4.69) is 16.7 Å². The van der Waals surface area contributed by atoms with Gasteiger partial charge < -0.3 is 5.32 Å². The molecule has 0 spiro atoms. The lowest BCUT2D eigenvalue weighted by Crippen LogP contribution is -2.48. The highest BCUT2D eigenvalue weighted by Gasteiger charge is 2.40. The van der Waals surface area contributed by atoms with Gasteiger partial charge in [0.05, 0.1) is 11.8 Å². The van der Waals surface area contributed by atoms with Crippen LogP contribution in [0.4, 0.5) is 0 Å². The molecule has 21 heavy (non-hydrogen) atoms. The monoisotopic (exact) mass is 286 g/mol. The summed E-state index contributed by atoms with van der Waals surface area (Å²) in [5, 5.41) is 4.94. The Morgan fingerprint density at radius 3 is 2.67 bits per heavy atom. The lowest BCUT2D eigenvalue weighted by Gasteiger charge is -2.34. The van der Waals surface area contributed by atoms with E-state index in [0.717, 1.165) is 12.8 Å². The van der Waals surface area contributed by atoms with Crippen LogP contribution in [0.1, 0.15) is 30.9 Å². The van der Waals surface area contributed by atoms with Crippen LogP contribution in [0, 0.1) is 5.41 Å². The molecule has 0 aromatic heterocycles. The number of hydrogen-bond donors (Lipinski definition) is 2. The fourth-order valence-electron chi connectivity index (χ4n) is 3.09. The van der Waals surface area contributed by atoms with E-state index in [4.69, 9.17) is 0 Å². The molecule has 2 unspecified atom stereocenters. The number of hydrogen-bond acceptors (Lipinski definition) is 3. The number of carbonyl (C=O) groups is 3. The molecule has 1 aliphatic carbocycles. The van der Waals surface area contributed by atoms with E-state index in [1.165, 1.54) is 11.1 Å². The summed E-state index contributed by atoms with van der Waals surface area (Å²) in [5.74, 6) is -0.885. The molecule has 1 aromatic carbocycles. The van der Waals surface area contributed by atoms with Gasteiger partial charge in [-0.05, 0) is 30.4 Å².